The van der Waals surface area contributed by atoms with Crippen molar-refractivity contribution >= 4 is 14.2 Å². The van der Waals surface area contributed by atoms with Crippen LogP contribution in [-0.2, 0) is 11.2 Å². The SMILES string of the molecule is C[Si](C)(C)CCOC(=O)NCCCc1ccc(O)c(C#N)c1. The van der Waals surface area contributed by atoms with Crippen molar-refractivity contribution in [1.29, 1.82) is 5.26 Å². The summed E-state index contributed by atoms with van der Waals surface area (Å²) in [5, 5.41) is 21.0. The zero-order valence-electron chi connectivity index (χ0n) is 13.5. The third kappa shape index (κ3) is 7.13. The van der Waals surface area contributed by atoms with Crippen molar-refractivity contribution in [2.75, 3.05) is 13.2 Å². The lowest BCUT2D eigenvalue weighted by atomic mass is 10.1. The number of phenolic OH excluding ortho intramolecular Hbond substituents is 1. The largest absolute Gasteiger partial charge is 0.507 e. The number of phenols is 1. The van der Waals surface area contributed by atoms with E-state index in [1.54, 1.807) is 12.1 Å². The van der Waals surface area contributed by atoms with E-state index < -0.39 is 8.07 Å². The second kappa shape index (κ2) is 8.44. The van der Waals surface area contributed by atoms with Gasteiger partial charge in [0.2, 0.25) is 0 Å². The van der Waals surface area contributed by atoms with Gasteiger partial charge in [-0.05, 0) is 36.6 Å². The Balaban J connectivity index is 2.22. The van der Waals surface area contributed by atoms with Crippen molar-refractivity contribution in [3.05, 3.63) is 29.3 Å². The van der Waals surface area contributed by atoms with Gasteiger partial charge in [0.1, 0.15) is 11.8 Å². The van der Waals surface area contributed by atoms with Crippen molar-refractivity contribution in [2.45, 2.75) is 38.5 Å². The van der Waals surface area contributed by atoms with Gasteiger partial charge in [0.05, 0.1) is 12.2 Å². The number of nitriles is 1. The summed E-state index contributed by atoms with van der Waals surface area (Å²) in [5.41, 5.74) is 1.24. The normalized spacial score (nSPS) is 10.8. The molecule has 0 heterocycles. The molecule has 0 aliphatic heterocycles. The molecule has 120 valence electrons. The van der Waals surface area contributed by atoms with Gasteiger partial charge in [-0.3, -0.25) is 0 Å². The summed E-state index contributed by atoms with van der Waals surface area (Å²) in [6.07, 6.45) is 1.10. The number of hydrogen-bond donors (Lipinski definition) is 2. The quantitative estimate of drug-likeness (QED) is 0.597. The number of alkyl carbamates (subject to hydrolysis) is 1. The fraction of sp³-hybridized carbons (Fsp3) is 0.500. The van der Waals surface area contributed by atoms with E-state index in [9.17, 15) is 9.90 Å². The van der Waals surface area contributed by atoms with E-state index in [0.717, 1.165) is 24.4 Å². The number of aryl methyl sites for hydroxylation is 1. The highest BCUT2D eigenvalue weighted by Crippen LogP contribution is 2.18. The molecule has 0 aliphatic rings. The van der Waals surface area contributed by atoms with Crippen molar-refractivity contribution in [2.24, 2.45) is 0 Å². The zero-order chi connectivity index (χ0) is 16.6. The second-order valence-electron chi connectivity index (χ2n) is 6.44. The van der Waals surface area contributed by atoms with E-state index in [4.69, 9.17) is 10.00 Å². The fourth-order valence-corrected chi connectivity index (χ4v) is 2.53. The van der Waals surface area contributed by atoms with Crippen LogP contribution in [0.5, 0.6) is 5.75 Å². The number of nitrogens with one attached hydrogen (secondary N) is 1. The van der Waals surface area contributed by atoms with Crippen LogP contribution in [0.2, 0.25) is 25.7 Å². The van der Waals surface area contributed by atoms with Gasteiger partial charge in [-0.2, -0.15) is 5.26 Å². The predicted octanol–water partition coefficient (Wildman–Crippen LogP) is 3.26. The van der Waals surface area contributed by atoms with Gasteiger partial charge >= 0.3 is 6.09 Å². The molecule has 1 aromatic rings. The maximum Gasteiger partial charge on any atom is 0.407 e. The molecule has 5 nitrogen and oxygen atoms in total. The van der Waals surface area contributed by atoms with Crippen molar-refractivity contribution < 1.29 is 14.6 Å². The van der Waals surface area contributed by atoms with Gasteiger partial charge in [-0.15, -0.1) is 0 Å². The van der Waals surface area contributed by atoms with Gasteiger partial charge in [0.15, 0.2) is 0 Å². The first-order valence-corrected chi connectivity index (χ1v) is 11.1. The Labute approximate surface area is 132 Å². The fourth-order valence-electron chi connectivity index (χ4n) is 1.81. The first-order valence-electron chi connectivity index (χ1n) is 7.44. The molecule has 0 saturated heterocycles. The smallest absolute Gasteiger partial charge is 0.407 e. The van der Waals surface area contributed by atoms with Gasteiger partial charge in [0, 0.05) is 14.6 Å². The Morgan fingerprint density at radius 3 is 2.77 bits per heavy atom. The third-order valence-electron chi connectivity index (χ3n) is 3.18. The Morgan fingerprint density at radius 1 is 1.41 bits per heavy atom. The molecule has 0 atom stereocenters. The Hall–Kier alpha value is -2.00. The van der Waals surface area contributed by atoms with E-state index in [1.165, 1.54) is 6.07 Å². The van der Waals surface area contributed by atoms with Gasteiger partial charge in [-0.1, -0.05) is 25.7 Å². The summed E-state index contributed by atoms with van der Waals surface area (Å²) in [6.45, 7) is 7.71. The molecule has 0 spiro atoms. The van der Waals surface area contributed by atoms with Gasteiger partial charge in [-0.25, -0.2) is 4.79 Å². The van der Waals surface area contributed by atoms with Crippen molar-refractivity contribution in [3.63, 3.8) is 0 Å². The molecule has 0 fully saturated rings. The van der Waals surface area contributed by atoms with Crippen LogP contribution in [0.15, 0.2) is 18.2 Å². The lowest BCUT2D eigenvalue weighted by molar-refractivity contribution is 0.152. The topological polar surface area (TPSA) is 82.3 Å². The third-order valence-corrected chi connectivity index (χ3v) is 4.88. The summed E-state index contributed by atoms with van der Waals surface area (Å²) in [5.74, 6) is -0.00430. The average molecular weight is 320 g/mol. The second-order valence-corrected chi connectivity index (χ2v) is 12.1. The van der Waals surface area contributed by atoms with E-state index in [1.807, 2.05) is 6.07 Å². The first-order chi connectivity index (χ1) is 10.3. The molecule has 1 aromatic carbocycles. The monoisotopic (exact) mass is 320 g/mol. The zero-order valence-corrected chi connectivity index (χ0v) is 14.5. The maximum atomic E-state index is 11.5. The Bertz CT molecular complexity index is 547. The maximum absolute atomic E-state index is 11.5. The number of benzene rings is 1. The number of ether oxygens (including phenoxy) is 1. The van der Waals surface area contributed by atoms with Crippen LogP contribution in [-0.4, -0.2) is 32.4 Å². The van der Waals surface area contributed by atoms with E-state index in [2.05, 4.69) is 25.0 Å². The van der Waals surface area contributed by atoms with Crippen LogP contribution >= 0.6 is 0 Å². The number of hydrogen-bond acceptors (Lipinski definition) is 4. The van der Waals surface area contributed by atoms with Gasteiger partial charge < -0.3 is 15.2 Å². The molecule has 0 radical (unpaired) electrons. The minimum atomic E-state index is -1.17. The van der Waals surface area contributed by atoms with Crippen molar-refractivity contribution in [3.8, 4) is 11.8 Å². The molecule has 0 unspecified atom stereocenters. The molecular weight excluding hydrogens is 296 g/mol. The summed E-state index contributed by atoms with van der Waals surface area (Å²) >= 11 is 0. The highest BCUT2D eigenvalue weighted by atomic mass is 28.3. The lowest BCUT2D eigenvalue weighted by Gasteiger charge is -2.15. The molecule has 0 aromatic heterocycles. The molecule has 0 aliphatic carbocycles. The molecule has 6 heteroatoms. The lowest BCUT2D eigenvalue weighted by Crippen LogP contribution is -2.28. The molecule has 22 heavy (non-hydrogen) atoms. The number of carbonyl (C=O) groups excluding carboxylic acids is 1. The van der Waals surface area contributed by atoms with E-state index in [0.29, 0.717) is 13.2 Å². The molecule has 0 saturated carbocycles. The first kappa shape index (κ1) is 18.0. The molecule has 0 bridgehead atoms. The predicted molar refractivity (Wildman–Crippen MR) is 88.6 cm³/mol. The summed E-state index contributed by atoms with van der Waals surface area (Å²) in [4.78, 5) is 11.5. The minimum Gasteiger partial charge on any atom is -0.507 e. The van der Waals surface area contributed by atoms with Crippen LogP contribution in [0.4, 0.5) is 4.79 Å². The van der Waals surface area contributed by atoms with E-state index >= 15 is 0 Å². The number of carbonyl (C=O) groups is 1. The summed E-state index contributed by atoms with van der Waals surface area (Å²) in [7, 11) is -1.17. The standard InChI is InChI=1S/C16H24N2O3Si/c1-22(2,3)10-9-21-16(20)18-8-4-5-13-6-7-15(19)14(11-13)12-17/h6-7,11,19H,4-5,8-10H2,1-3H3,(H,18,20). The summed E-state index contributed by atoms with van der Waals surface area (Å²) < 4.78 is 5.13. The average Bonchev–Trinajstić information content (AvgIpc) is 2.43. The Kier molecular flexibility index (Phi) is 6.93. The van der Waals surface area contributed by atoms with Crippen LogP contribution in [0.25, 0.3) is 0 Å². The molecule has 2 N–H and O–H groups in total. The molecular formula is C16H24N2O3Si. The number of nitrogens with zero attached hydrogens (tertiary/aromatic N) is 1. The Morgan fingerprint density at radius 2 is 2.14 bits per heavy atom. The van der Waals surface area contributed by atoms with E-state index in [-0.39, 0.29) is 17.4 Å². The molecule has 1 rings (SSSR count). The van der Waals surface area contributed by atoms with Crippen LogP contribution in [0, 0.1) is 11.3 Å². The van der Waals surface area contributed by atoms with Crippen LogP contribution < -0.4 is 5.32 Å². The minimum absolute atomic E-state index is 0.00430. The van der Waals surface area contributed by atoms with Crippen LogP contribution in [0.1, 0.15) is 17.5 Å². The highest BCUT2D eigenvalue weighted by Gasteiger charge is 2.13. The number of rotatable bonds is 7. The van der Waals surface area contributed by atoms with Crippen LogP contribution in [0.3, 0.4) is 0 Å². The number of amides is 1. The van der Waals surface area contributed by atoms with Gasteiger partial charge in [0.25, 0.3) is 0 Å². The van der Waals surface area contributed by atoms with Crippen molar-refractivity contribution in [1.82, 2.24) is 5.32 Å². The number of aromatic hydroxyl groups is 1. The molecule has 1 amide bonds. The highest BCUT2D eigenvalue weighted by molar-refractivity contribution is 6.76. The summed E-state index contributed by atoms with van der Waals surface area (Å²) in [6, 6.07) is 7.87.